The summed E-state index contributed by atoms with van der Waals surface area (Å²) in [5.41, 5.74) is 9.98. The molecule has 2 N–H and O–H groups in total. The fourth-order valence-electron chi connectivity index (χ4n) is 3.59. The van der Waals surface area contributed by atoms with Crippen molar-refractivity contribution in [2.45, 2.75) is 32.5 Å². The highest BCUT2D eigenvalue weighted by Crippen LogP contribution is 2.28. The lowest BCUT2D eigenvalue weighted by Crippen LogP contribution is -2.10. The topological polar surface area (TPSA) is 86.9 Å². The molecule has 1 unspecified atom stereocenters. The normalized spacial score (nSPS) is 15.4. The molecule has 0 amide bonds. The number of rotatable bonds is 6. The molecule has 28 heavy (non-hydrogen) atoms. The number of fused-ring (bicyclic) bond motifs is 1. The van der Waals surface area contributed by atoms with Gasteiger partial charge in [0.05, 0.1) is 17.6 Å². The minimum atomic E-state index is 0.235. The standard InChI is InChI=1S/C21H21N7/c1-2-9-28-18-7-6-14(17-12-24-17)11-16(18)26-20(28)13-27-10-8-23-21(27)15-4-3-5-19(22)25-15/h3-8,10-12,17H,2,9,13H2,1H3,(H2,22,25). The van der Waals surface area contributed by atoms with E-state index in [0.717, 1.165) is 41.3 Å². The maximum absolute atomic E-state index is 5.85. The van der Waals surface area contributed by atoms with Gasteiger partial charge in [-0.1, -0.05) is 19.1 Å². The number of imidazole rings is 2. The number of nitrogen functional groups attached to an aromatic ring is 1. The summed E-state index contributed by atoms with van der Waals surface area (Å²) in [6.45, 7) is 3.72. The van der Waals surface area contributed by atoms with Gasteiger partial charge in [0, 0.05) is 25.2 Å². The Morgan fingerprint density at radius 2 is 2.04 bits per heavy atom. The molecule has 1 aliphatic rings. The smallest absolute Gasteiger partial charge is 0.159 e. The lowest BCUT2D eigenvalue weighted by Gasteiger charge is -2.11. The van der Waals surface area contributed by atoms with E-state index in [4.69, 9.17) is 10.7 Å². The molecule has 0 radical (unpaired) electrons. The van der Waals surface area contributed by atoms with Crippen LogP contribution >= 0.6 is 0 Å². The molecule has 0 saturated heterocycles. The summed E-state index contributed by atoms with van der Waals surface area (Å²) in [5, 5.41) is 0. The van der Waals surface area contributed by atoms with Crippen LogP contribution < -0.4 is 5.73 Å². The van der Waals surface area contributed by atoms with Crippen molar-refractivity contribution in [2.75, 3.05) is 5.73 Å². The van der Waals surface area contributed by atoms with Crippen LogP contribution in [0, 0.1) is 0 Å². The van der Waals surface area contributed by atoms with Gasteiger partial charge in [0.25, 0.3) is 0 Å². The van der Waals surface area contributed by atoms with Crippen molar-refractivity contribution in [3.05, 3.63) is 60.2 Å². The van der Waals surface area contributed by atoms with Gasteiger partial charge in [-0.25, -0.2) is 15.0 Å². The van der Waals surface area contributed by atoms with Crippen LogP contribution in [0.15, 0.2) is 53.8 Å². The first-order valence-corrected chi connectivity index (χ1v) is 9.49. The monoisotopic (exact) mass is 371 g/mol. The van der Waals surface area contributed by atoms with E-state index < -0.39 is 0 Å². The van der Waals surface area contributed by atoms with Crippen molar-refractivity contribution >= 4 is 23.1 Å². The van der Waals surface area contributed by atoms with Gasteiger partial charge in [0.2, 0.25) is 0 Å². The van der Waals surface area contributed by atoms with E-state index in [1.165, 1.54) is 5.56 Å². The third-order valence-electron chi connectivity index (χ3n) is 4.97. The molecule has 7 heteroatoms. The number of nitrogens with zero attached hydrogens (tertiary/aromatic N) is 6. The van der Waals surface area contributed by atoms with Crippen molar-refractivity contribution in [3.8, 4) is 11.5 Å². The molecule has 1 aliphatic heterocycles. The van der Waals surface area contributed by atoms with Gasteiger partial charge in [0.1, 0.15) is 23.4 Å². The number of hydrogen-bond donors (Lipinski definition) is 1. The van der Waals surface area contributed by atoms with E-state index in [1.54, 1.807) is 12.3 Å². The zero-order chi connectivity index (χ0) is 19.1. The predicted octanol–water partition coefficient (Wildman–Crippen LogP) is 3.46. The zero-order valence-electron chi connectivity index (χ0n) is 15.7. The highest BCUT2D eigenvalue weighted by molar-refractivity contribution is 5.84. The Kier molecular flexibility index (Phi) is 3.93. The molecule has 7 nitrogen and oxygen atoms in total. The maximum atomic E-state index is 5.85. The largest absolute Gasteiger partial charge is 0.384 e. The van der Waals surface area contributed by atoms with E-state index in [-0.39, 0.29) is 6.04 Å². The average Bonchev–Trinajstić information content (AvgIpc) is 3.36. The van der Waals surface area contributed by atoms with Crippen LogP contribution in [0.5, 0.6) is 0 Å². The van der Waals surface area contributed by atoms with Crippen LogP contribution in [-0.2, 0) is 13.1 Å². The number of nitrogens with two attached hydrogens (primary N) is 1. The van der Waals surface area contributed by atoms with Crippen LogP contribution in [0.3, 0.4) is 0 Å². The molecule has 4 heterocycles. The fourth-order valence-corrected chi connectivity index (χ4v) is 3.59. The summed E-state index contributed by atoms with van der Waals surface area (Å²) in [5.74, 6) is 2.28. The van der Waals surface area contributed by atoms with Gasteiger partial charge in [-0.15, -0.1) is 0 Å². The molecule has 0 bridgehead atoms. The van der Waals surface area contributed by atoms with E-state index in [9.17, 15) is 0 Å². The Morgan fingerprint density at radius 1 is 1.14 bits per heavy atom. The fraction of sp³-hybridized carbons (Fsp3) is 0.238. The number of pyridine rings is 1. The van der Waals surface area contributed by atoms with Crippen molar-refractivity contribution in [1.82, 2.24) is 24.1 Å². The van der Waals surface area contributed by atoms with Crippen LogP contribution in [0.4, 0.5) is 5.82 Å². The minimum absolute atomic E-state index is 0.235. The van der Waals surface area contributed by atoms with Gasteiger partial charge in [-0.2, -0.15) is 0 Å². The van der Waals surface area contributed by atoms with Crippen LogP contribution in [0.25, 0.3) is 22.6 Å². The Morgan fingerprint density at radius 3 is 2.82 bits per heavy atom. The second-order valence-electron chi connectivity index (χ2n) is 7.00. The predicted molar refractivity (Wildman–Crippen MR) is 110 cm³/mol. The van der Waals surface area contributed by atoms with Crippen molar-refractivity contribution in [3.63, 3.8) is 0 Å². The highest BCUT2D eigenvalue weighted by atomic mass is 15.2. The SMILES string of the molecule is CCCn1c(Cn2ccnc2-c2cccc(N)n2)nc2cc(C3C=N3)ccc21. The average molecular weight is 371 g/mol. The number of anilines is 1. The molecular weight excluding hydrogens is 350 g/mol. The van der Waals surface area contributed by atoms with Gasteiger partial charge >= 0.3 is 0 Å². The van der Waals surface area contributed by atoms with Crippen molar-refractivity contribution < 1.29 is 0 Å². The molecule has 3 aromatic heterocycles. The van der Waals surface area contributed by atoms with Crippen LogP contribution in [-0.4, -0.2) is 30.3 Å². The highest BCUT2D eigenvalue weighted by Gasteiger charge is 2.19. The zero-order valence-corrected chi connectivity index (χ0v) is 15.7. The summed E-state index contributed by atoms with van der Waals surface area (Å²) < 4.78 is 4.36. The molecule has 0 saturated carbocycles. The Labute approximate surface area is 162 Å². The summed E-state index contributed by atoms with van der Waals surface area (Å²) in [4.78, 5) is 18.1. The summed E-state index contributed by atoms with van der Waals surface area (Å²) in [7, 11) is 0. The molecule has 0 aliphatic carbocycles. The van der Waals surface area contributed by atoms with Gasteiger partial charge in [-0.3, -0.25) is 4.99 Å². The molecule has 4 aromatic rings. The minimum Gasteiger partial charge on any atom is -0.384 e. The lowest BCUT2D eigenvalue weighted by atomic mass is 10.1. The van der Waals surface area contributed by atoms with E-state index in [1.807, 2.05) is 24.5 Å². The summed E-state index contributed by atoms with van der Waals surface area (Å²) in [6, 6.07) is 12.3. The number of aliphatic imine (C=N–C) groups is 1. The van der Waals surface area contributed by atoms with E-state index in [2.05, 4.69) is 49.2 Å². The molecule has 1 aromatic carbocycles. The van der Waals surface area contributed by atoms with Gasteiger partial charge < -0.3 is 14.9 Å². The van der Waals surface area contributed by atoms with Crippen LogP contribution in [0.2, 0.25) is 0 Å². The quantitative estimate of drug-likeness (QED) is 0.562. The lowest BCUT2D eigenvalue weighted by molar-refractivity contribution is 0.627. The molecule has 140 valence electrons. The molecular formula is C21H21N7. The molecule has 0 fully saturated rings. The molecule has 1 atom stereocenters. The van der Waals surface area contributed by atoms with Crippen molar-refractivity contribution in [1.29, 1.82) is 0 Å². The van der Waals surface area contributed by atoms with Gasteiger partial charge in [0.15, 0.2) is 5.82 Å². The third-order valence-corrected chi connectivity index (χ3v) is 4.97. The maximum Gasteiger partial charge on any atom is 0.159 e. The Hall–Kier alpha value is -3.48. The third kappa shape index (κ3) is 2.94. The first kappa shape index (κ1) is 16.7. The van der Waals surface area contributed by atoms with E-state index >= 15 is 0 Å². The number of benzene rings is 1. The number of aryl methyl sites for hydroxylation is 1. The van der Waals surface area contributed by atoms with E-state index in [0.29, 0.717) is 12.4 Å². The molecule has 0 spiro atoms. The summed E-state index contributed by atoms with van der Waals surface area (Å²) in [6.07, 6.45) is 6.75. The first-order chi connectivity index (χ1) is 13.7. The van der Waals surface area contributed by atoms with Crippen LogP contribution in [0.1, 0.15) is 30.8 Å². The summed E-state index contributed by atoms with van der Waals surface area (Å²) >= 11 is 0. The number of hydrogen-bond acceptors (Lipinski definition) is 5. The number of aromatic nitrogens is 5. The van der Waals surface area contributed by atoms with Gasteiger partial charge in [-0.05, 0) is 36.2 Å². The first-order valence-electron chi connectivity index (χ1n) is 9.49. The Bertz CT molecular complexity index is 1180. The van der Waals surface area contributed by atoms with Crippen molar-refractivity contribution in [2.24, 2.45) is 4.99 Å². The second kappa shape index (κ2) is 6.60. The Balaban J connectivity index is 1.55. The second-order valence-corrected chi connectivity index (χ2v) is 7.00. The molecule has 5 rings (SSSR count).